The second-order valence-corrected chi connectivity index (χ2v) is 4.75. The highest BCUT2D eigenvalue weighted by Gasteiger charge is 2.17. The van der Waals surface area contributed by atoms with Crippen LogP contribution in [0.15, 0.2) is 33.5 Å². The van der Waals surface area contributed by atoms with Crippen LogP contribution < -0.4 is 5.56 Å². The number of aromatic amines is 1. The molecule has 0 saturated carbocycles. The second-order valence-electron chi connectivity index (χ2n) is 3.84. The molecule has 17 heavy (non-hydrogen) atoms. The highest BCUT2D eigenvalue weighted by atomic mass is 79.9. The van der Waals surface area contributed by atoms with Crippen molar-refractivity contribution in [3.63, 3.8) is 0 Å². The van der Waals surface area contributed by atoms with Crippen molar-refractivity contribution in [2.24, 2.45) is 0 Å². The van der Waals surface area contributed by atoms with E-state index in [0.29, 0.717) is 11.1 Å². The molecule has 1 aromatic carbocycles. The summed E-state index contributed by atoms with van der Waals surface area (Å²) >= 11 is 3.33. The molecule has 2 N–H and O–H groups in total. The van der Waals surface area contributed by atoms with Crippen molar-refractivity contribution < 1.29 is 9.90 Å². The molecule has 0 aliphatic heterocycles. The third-order valence-electron chi connectivity index (χ3n) is 2.67. The predicted octanol–water partition coefficient (Wildman–Crippen LogP) is 2.48. The Morgan fingerprint density at radius 2 is 2.12 bits per heavy atom. The molecular formula is C12H10BrNO3. The maximum Gasteiger partial charge on any atom is 0.310 e. The van der Waals surface area contributed by atoms with Gasteiger partial charge in [0.05, 0.1) is 5.92 Å². The second kappa shape index (κ2) is 4.33. The SMILES string of the molecule is CC(C(=O)O)c1cc(=O)[nH]c2ccc(Br)cc12. The minimum absolute atomic E-state index is 0.289. The standard InChI is InChI=1S/C12H10BrNO3/c1-6(12(16)17)8-5-11(15)14-10-3-2-7(13)4-9(8)10/h2-6H,1H3,(H,14,15)(H,16,17). The van der Waals surface area contributed by atoms with Crippen LogP contribution in [-0.4, -0.2) is 16.1 Å². The Morgan fingerprint density at radius 1 is 1.41 bits per heavy atom. The lowest BCUT2D eigenvalue weighted by Gasteiger charge is -2.10. The number of carboxylic acids is 1. The number of hydrogen-bond donors (Lipinski definition) is 2. The molecule has 1 unspecified atom stereocenters. The van der Waals surface area contributed by atoms with Crippen LogP contribution in [0.5, 0.6) is 0 Å². The van der Waals surface area contributed by atoms with Crippen LogP contribution in [0.4, 0.5) is 0 Å². The molecule has 0 saturated heterocycles. The maximum atomic E-state index is 11.5. The van der Waals surface area contributed by atoms with Crippen LogP contribution in [0.1, 0.15) is 18.4 Å². The number of aromatic nitrogens is 1. The summed E-state index contributed by atoms with van der Waals surface area (Å²) in [6.07, 6.45) is 0. The van der Waals surface area contributed by atoms with E-state index in [-0.39, 0.29) is 5.56 Å². The fourth-order valence-corrected chi connectivity index (χ4v) is 2.10. The number of benzene rings is 1. The Labute approximate surface area is 105 Å². The summed E-state index contributed by atoms with van der Waals surface area (Å²) in [7, 11) is 0. The third-order valence-corrected chi connectivity index (χ3v) is 3.17. The van der Waals surface area contributed by atoms with E-state index < -0.39 is 11.9 Å². The number of carbonyl (C=O) groups is 1. The largest absolute Gasteiger partial charge is 0.481 e. The molecule has 0 radical (unpaired) electrons. The number of carboxylic acid groups (broad SMARTS) is 1. The molecule has 0 aliphatic rings. The smallest absolute Gasteiger partial charge is 0.310 e. The van der Waals surface area contributed by atoms with Crippen LogP contribution in [0, 0.1) is 0 Å². The fourth-order valence-electron chi connectivity index (χ4n) is 1.74. The lowest BCUT2D eigenvalue weighted by molar-refractivity contribution is -0.138. The van der Waals surface area contributed by atoms with E-state index >= 15 is 0 Å². The number of pyridine rings is 1. The van der Waals surface area contributed by atoms with Gasteiger partial charge in [-0.1, -0.05) is 15.9 Å². The Hall–Kier alpha value is -1.62. The van der Waals surface area contributed by atoms with Gasteiger partial charge in [-0.25, -0.2) is 0 Å². The molecule has 88 valence electrons. The number of rotatable bonds is 2. The fraction of sp³-hybridized carbons (Fsp3) is 0.167. The average molecular weight is 296 g/mol. The number of H-pyrrole nitrogens is 1. The molecule has 0 amide bonds. The molecule has 5 heteroatoms. The Morgan fingerprint density at radius 3 is 2.76 bits per heavy atom. The number of halogens is 1. The molecular weight excluding hydrogens is 286 g/mol. The van der Waals surface area contributed by atoms with E-state index in [1.165, 1.54) is 6.07 Å². The zero-order chi connectivity index (χ0) is 12.6. The molecule has 1 heterocycles. The van der Waals surface area contributed by atoms with Gasteiger partial charge in [0.25, 0.3) is 0 Å². The summed E-state index contributed by atoms with van der Waals surface area (Å²) < 4.78 is 0.843. The van der Waals surface area contributed by atoms with E-state index in [2.05, 4.69) is 20.9 Å². The zero-order valence-electron chi connectivity index (χ0n) is 9.03. The summed E-state index contributed by atoms with van der Waals surface area (Å²) in [6, 6.07) is 6.69. The van der Waals surface area contributed by atoms with Crippen molar-refractivity contribution in [3.05, 3.63) is 44.7 Å². The van der Waals surface area contributed by atoms with Gasteiger partial charge in [-0.15, -0.1) is 0 Å². The molecule has 1 aromatic heterocycles. The first-order chi connectivity index (χ1) is 7.99. The minimum Gasteiger partial charge on any atom is -0.481 e. The molecule has 0 bridgehead atoms. The van der Waals surface area contributed by atoms with E-state index in [4.69, 9.17) is 5.11 Å². The van der Waals surface area contributed by atoms with Gasteiger partial charge in [0.1, 0.15) is 0 Å². The van der Waals surface area contributed by atoms with Crippen molar-refractivity contribution in [1.29, 1.82) is 0 Å². The third kappa shape index (κ3) is 2.24. The number of hydrogen-bond acceptors (Lipinski definition) is 2. The number of aliphatic carboxylic acids is 1. The van der Waals surface area contributed by atoms with Gasteiger partial charge >= 0.3 is 5.97 Å². The van der Waals surface area contributed by atoms with E-state index in [0.717, 1.165) is 9.86 Å². The van der Waals surface area contributed by atoms with Gasteiger partial charge in [0.2, 0.25) is 5.56 Å². The molecule has 0 spiro atoms. The zero-order valence-corrected chi connectivity index (χ0v) is 10.6. The molecule has 1 atom stereocenters. The normalized spacial score (nSPS) is 12.6. The maximum absolute atomic E-state index is 11.5. The number of nitrogens with one attached hydrogen (secondary N) is 1. The van der Waals surface area contributed by atoms with Crippen LogP contribution in [-0.2, 0) is 4.79 Å². The van der Waals surface area contributed by atoms with Gasteiger partial charge in [-0.2, -0.15) is 0 Å². The lowest BCUT2D eigenvalue weighted by Crippen LogP contribution is -2.13. The molecule has 0 aliphatic carbocycles. The Bertz CT molecular complexity index is 648. The van der Waals surface area contributed by atoms with Crippen molar-refractivity contribution in [1.82, 2.24) is 4.98 Å². The van der Waals surface area contributed by atoms with Crippen LogP contribution in [0.2, 0.25) is 0 Å². The first-order valence-corrected chi connectivity index (χ1v) is 5.83. The number of fused-ring (bicyclic) bond motifs is 1. The molecule has 4 nitrogen and oxygen atoms in total. The van der Waals surface area contributed by atoms with Gasteiger partial charge in [0, 0.05) is 21.4 Å². The summed E-state index contributed by atoms with van der Waals surface area (Å²) in [5.74, 6) is -1.66. The summed E-state index contributed by atoms with van der Waals surface area (Å²) in [5, 5.41) is 9.78. The highest BCUT2D eigenvalue weighted by Crippen LogP contribution is 2.25. The highest BCUT2D eigenvalue weighted by molar-refractivity contribution is 9.10. The predicted molar refractivity (Wildman–Crippen MR) is 68.3 cm³/mol. The van der Waals surface area contributed by atoms with E-state index in [1.54, 1.807) is 25.1 Å². The van der Waals surface area contributed by atoms with Gasteiger partial charge in [-0.3, -0.25) is 9.59 Å². The van der Waals surface area contributed by atoms with Crippen LogP contribution in [0.3, 0.4) is 0 Å². The van der Waals surface area contributed by atoms with Gasteiger partial charge < -0.3 is 10.1 Å². The Balaban J connectivity index is 2.80. The summed E-state index contributed by atoms with van der Waals surface area (Å²) in [5.41, 5.74) is 0.879. The molecule has 2 rings (SSSR count). The minimum atomic E-state index is -0.947. The van der Waals surface area contributed by atoms with Gasteiger partial charge in [0.15, 0.2) is 0 Å². The monoisotopic (exact) mass is 295 g/mol. The first-order valence-electron chi connectivity index (χ1n) is 5.04. The molecule has 2 aromatic rings. The van der Waals surface area contributed by atoms with Crippen molar-refractivity contribution in [2.45, 2.75) is 12.8 Å². The summed E-state index contributed by atoms with van der Waals surface area (Å²) in [4.78, 5) is 25.2. The lowest BCUT2D eigenvalue weighted by atomic mass is 9.97. The molecule has 0 fully saturated rings. The summed E-state index contributed by atoms with van der Waals surface area (Å²) in [6.45, 7) is 1.57. The van der Waals surface area contributed by atoms with Crippen LogP contribution >= 0.6 is 15.9 Å². The van der Waals surface area contributed by atoms with Crippen molar-refractivity contribution >= 4 is 32.8 Å². The van der Waals surface area contributed by atoms with E-state index in [9.17, 15) is 9.59 Å². The average Bonchev–Trinajstić information content (AvgIpc) is 2.27. The quantitative estimate of drug-likeness (QED) is 0.894. The first kappa shape index (κ1) is 11.9. The van der Waals surface area contributed by atoms with Crippen molar-refractivity contribution in [2.75, 3.05) is 0 Å². The van der Waals surface area contributed by atoms with E-state index in [1.807, 2.05) is 0 Å². The van der Waals surface area contributed by atoms with Crippen LogP contribution in [0.25, 0.3) is 10.9 Å². The topological polar surface area (TPSA) is 70.2 Å². The Kier molecular flexibility index (Phi) is 3.02. The van der Waals surface area contributed by atoms with Crippen molar-refractivity contribution in [3.8, 4) is 0 Å². The van der Waals surface area contributed by atoms with Gasteiger partial charge in [-0.05, 0) is 30.7 Å².